The molecule has 0 heterocycles. The predicted molar refractivity (Wildman–Crippen MR) is 91.4 cm³/mol. The fourth-order valence-electron chi connectivity index (χ4n) is 1.93. The number of aromatic carboxylic acids is 1. The van der Waals surface area contributed by atoms with Crippen molar-refractivity contribution >= 4 is 21.7 Å². The van der Waals surface area contributed by atoms with Gasteiger partial charge in [0.15, 0.2) is 0 Å². The van der Waals surface area contributed by atoms with E-state index in [0.717, 1.165) is 12.8 Å². The number of carbonyl (C=O) groups is 1. The van der Waals surface area contributed by atoms with E-state index < -0.39 is 16.0 Å². The molecule has 1 aromatic carbocycles. The Hall–Kier alpha value is -1.60. The van der Waals surface area contributed by atoms with Crippen molar-refractivity contribution in [3.63, 3.8) is 0 Å². The summed E-state index contributed by atoms with van der Waals surface area (Å²) in [6, 6.07) is 4.23. The highest BCUT2D eigenvalue weighted by Gasteiger charge is 2.19. The van der Waals surface area contributed by atoms with Crippen molar-refractivity contribution in [3.05, 3.63) is 23.8 Å². The van der Waals surface area contributed by atoms with Gasteiger partial charge in [0.25, 0.3) is 0 Å². The minimum Gasteiger partial charge on any atom is -0.478 e. The fourth-order valence-corrected chi connectivity index (χ4v) is 3.00. The largest absolute Gasteiger partial charge is 0.478 e. The van der Waals surface area contributed by atoms with E-state index in [0.29, 0.717) is 18.2 Å². The van der Waals surface area contributed by atoms with Gasteiger partial charge in [0.2, 0.25) is 10.0 Å². The minimum atomic E-state index is -3.70. The molecule has 0 amide bonds. The van der Waals surface area contributed by atoms with Crippen molar-refractivity contribution < 1.29 is 18.3 Å². The lowest BCUT2D eigenvalue weighted by Gasteiger charge is -2.16. The zero-order valence-corrected chi connectivity index (χ0v) is 14.9. The SMILES string of the molecule is CCC(C)Nc1ccc(S(=O)(=O)NCCC(C)C)cc1C(=O)O. The molecule has 1 atom stereocenters. The fraction of sp³-hybridized carbons (Fsp3) is 0.562. The van der Waals surface area contributed by atoms with Crippen LogP contribution in [0.1, 0.15) is 50.9 Å². The third kappa shape index (κ3) is 5.84. The standard InChI is InChI=1S/C16H26N2O4S/c1-5-12(4)18-15-7-6-13(10-14(15)16(19)20)23(21,22)17-9-8-11(2)3/h6-7,10-12,17-18H,5,8-9H2,1-4H3,(H,19,20). The van der Waals surface area contributed by atoms with Crippen molar-refractivity contribution in [3.8, 4) is 0 Å². The lowest BCUT2D eigenvalue weighted by molar-refractivity contribution is 0.0697. The molecule has 0 aliphatic rings. The lowest BCUT2D eigenvalue weighted by atomic mass is 10.1. The zero-order valence-electron chi connectivity index (χ0n) is 14.1. The highest BCUT2D eigenvalue weighted by Crippen LogP contribution is 2.22. The second kappa shape index (κ2) is 8.31. The molecule has 130 valence electrons. The van der Waals surface area contributed by atoms with Crippen molar-refractivity contribution in [1.82, 2.24) is 4.72 Å². The van der Waals surface area contributed by atoms with Crippen molar-refractivity contribution in [2.45, 2.75) is 51.5 Å². The monoisotopic (exact) mass is 342 g/mol. The van der Waals surface area contributed by atoms with Gasteiger partial charge < -0.3 is 10.4 Å². The highest BCUT2D eigenvalue weighted by molar-refractivity contribution is 7.89. The lowest BCUT2D eigenvalue weighted by Crippen LogP contribution is -2.26. The first-order chi connectivity index (χ1) is 10.7. The summed E-state index contributed by atoms with van der Waals surface area (Å²) in [6.07, 6.45) is 1.55. The van der Waals surface area contributed by atoms with Crippen LogP contribution in [0.15, 0.2) is 23.1 Å². The Balaban J connectivity index is 3.05. The van der Waals surface area contributed by atoms with Crippen LogP contribution >= 0.6 is 0 Å². The third-order valence-electron chi connectivity index (χ3n) is 3.56. The normalized spacial score (nSPS) is 13.1. The molecular formula is C16H26N2O4S. The molecule has 23 heavy (non-hydrogen) atoms. The number of rotatable bonds is 9. The second-order valence-corrected chi connectivity index (χ2v) is 7.81. The summed E-state index contributed by atoms with van der Waals surface area (Å²) < 4.78 is 27.0. The van der Waals surface area contributed by atoms with Crippen molar-refractivity contribution in [2.24, 2.45) is 5.92 Å². The van der Waals surface area contributed by atoms with E-state index in [1.807, 2.05) is 27.7 Å². The predicted octanol–water partition coefficient (Wildman–Crippen LogP) is 2.92. The molecular weight excluding hydrogens is 316 g/mol. The van der Waals surface area contributed by atoms with Gasteiger partial charge in [-0.15, -0.1) is 0 Å². The molecule has 0 aliphatic carbocycles. The summed E-state index contributed by atoms with van der Waals surface area (Å²) in [4.78, 5) is 11.4. The Morgan fingerprint density at radius 3 is 2.43 bits per heavy atom. The van der Waals surface area contributed by atoms with E-state index in [1.165, 1.54) is 18.2 Å². The molecule has 0 saturated heterocycles. The van der Waals surface area contributed by atoms with Gasteiger partial charge in [-0.3, -0.25) is 0 Å². The second-order valence-electron chi connectivity index (χ2n) is 6.05. The summed E-state index contributed by atoms with van der Waals surface area (Å²) in [5.41, 5.74) is 0.380. The summed E-state index contributed by atoms with van der Waals surface area (Å²) in [6.45, 7) is 8.26. The average molecular weight is 342 g/mol. The number of nitrogens with one attached hydrogen (secondary N) is 2. The van der Waals surface area contributed by atoms with Crippen LogP contribution in [0, 0.1) is 5.92 Å². The first-order valence-electron chi connectivity index (χ1n) is 7.81. The molecule has 1 aromatic rings. The van der Waals surface area contributed by atoms with Crippen LogP contribution in [0.2, 0.25) is 0 Å². The number of carboxylic acids is 1. The number of hydrogen-bond acceptors (Lipinski definition) is 4. The minimum absolute atomic E-state index is 0.0339. The average Bonchev–Trinajstić information content (AvgIpc) is 2.46. The van der Waals surface area contributed by atoms with Crippen molar-refractivity contribution in [2.75, 3.05) is 11.9 Å². The van der Waals surface area contributed by atoms with Crippen LogP contribution in [-0.4, -0.2) is 32.1 Å². The summed E-state index contributed by atoms with van der Waals surface area (Å²) in [5, 5.41) is 12.4. The molecule has 1 rings (SSSR count). The highest BCUT2D eigenvalue weighted by atomic mass is 32.2. The van der Waals surface area contributed by atoms with Crippen LogP contribution < -0.4 is 10.0 Å². The van der Waals surface area contributed by atoms with Gasteiger partial charge >= 0.3 is 5.97 Å². The molecule has 0 aliphatic heterocycles. The van der Waals surface area contributed by atoms with E-state index >= 15 is 0 Å². The van der Waals surface area contributed by atoms with E-state index in [2.05, 4.69) is 10.0 Å². The molecule has 0 bridgehead atoms. The van der Waals surface area contributed by atoms with Gasteiger partial charge in [0.1, 0.15) is 0 Å². The van der Waals surface area contributed by atoms with Gasteiger partial charge in [0, 0.05) is 18.3 Å². The van der Waals surface area contributed by atoms with Crippen LogP contribution in [0.5, 0.6) is 0 Å². The Bertz CT molecular complexity index is 641. The smallest absolute Gasteiger partial charge is 0.337 e. The van der Waals surface area contributed by atoms with Gasteiger partial charge in [-0.05, 0) is 43.9 Å². The third-order valence-corrected chi connectivity index (χ3v) is 5.02. The molecule has 3 N–H and O–H groups in total. The molecule has 0 saturated carbocycles. The van der Waals surface area contributed by atoms with E-state index in [1.54, 1.807) is 0 Å². The van der Waals surface area contributed by atoms with Gasteiger partial charge in [0.05, 0.1) is 10.5 Å². The Morgan fingerprint density at radius 2 is 1.91 bits per heavy atom. The molecule has 0 radical (unpaired) electrons. The topological polar surface area (TPSA) is 95.5 Å². The maximum Gasteiger partial charge on any atom is 0.337 e. The molecule has 6 nitrogen and oxygen atoms in total. The Morgan fingerprint density at radius 1 is 1.26 bits per heavy atom. The van der Waals surface area contributed by atoms with Crippen LogP contribution in [0.25, 0.3) is 0 Å². The van der Waals surface area contributed by atoms with Gasteiger partial charge in [-0.25, -0.2) is 17.9 Å². The first kappa shape index (κ1) is 19.4. The number of sulfonamides is 1. The van der Waals surface area contributed by atoms with Crippen LogP contribution in [-0.2, 0) is 10.0 Å². The van der Waals surface area contributed by atoms with Crippen LogP contribution in [0.4, 0.5) is 5.69 Å². The zero-order chi connectivity index (χ0) is 17.6. The van der Waals surface area contributed by atoms with Gasteiger partial charge in [-0.2, -0.15) is 0 Å². The molecule has 7 heteroatoms. The summed E-state index contributed by atoms with van der Waals surface area (Å²) in [7, 11) is -3.70. The first-order valence-corrected chi connectivity index (χ1v) is 9.29. The number of anilines is 1. The van der Waals surface area contributed by atoms with Crippen LogP contribution in [0.3, 0.4) is 0 Å². The number of carboxylic acid groups (broad SMARTS) is 1. The Kier molecular flexibility index (Phi) is 7.02. The molecule has 0 spiro atoms. The quantitative estimate of drug-likeness (QED) is 0.641. The van der Waals surface area contributed by atoms with E-state index in [4.69, 9.17) is 0 Å². The van der Waals surface area contributed by atoms with E-state index in [-0.39, 0.29) is 16.5 Å². The Labute approximate surface area is 138 Å². The molecule has 0 aromatic heterocycles. The van der Waals surface area contributed by atoms with E-state index in [9.17, 15) is 18.3 Å². The maximum atomic E-state index is 12.3. The number of benzene rings is 1. The summed E-state index contributed by atoms with van der Waals surface area (Å²) in [5.74, 6) is -0.774. The van der Waals surface area contributed by atoms with Gasteiger partial charge in [-0.1, -0.05) is 20.8 Å². The maximum absolute atomic E-state index is 12.3. The van der Waals surface area contributed by atoms with Crippen molar-refractivity contribution in [1.29, 1.82) is 0 Å². The molecule has 0 fully saturated rings. The summed E-state index contributed by atoms with van der Waals surface area (Å²) >= 11 is 0. The number of hydrogen-bond donors (Lipinski definition) is 3. The molecule has 1 unspecified atom stereocenters.